The number of alkyl halides is 1. The number of hydrogen-bond donors (Lipinski definition) is 1. The van der Waals surface area contributed by atoms with Crippen molar-refractivity contribution in [2.24, 2.45) is 0 Å². The van der Waals surface area contributed by atoms with Crippen LogP contribution in [0.3, 0.4) is 0 Å². The van der Waals surface area contributed by atoms with Crippen molar-refractivity contribution in [1.29, 1.82) is 0 Å². The van der Waals surface area contributed by atoms with E-state index in [0.29, 0.717) is 11.8 Å². The summed E-state index contributed by atoms with van der Waals surface area (Å²) in [7, 11) is 0. The molecule has 0 fully saturated rings. The molecule has 1 rings (SSSR count). The molecule has 0 heterocycles. The molecule has 100 valence electrons. The third-order valence-electron chi connectivity index (χ3n) is 2.90. The molecule has 0 spiro atoms. The van der Waals surface area contributed by atoms with Crippen LogP contribution in [0.4, 0.5) is 5.69 Å². The van der Waals surface area contributed by atoms with Crippen LogP contribution in [-0.4, -0.2) is 29.2 Å². The first-order valence-corrected chi connectivity index (χ1v) is 7.49. The normalized spacial score (nSPS) is 10.7. The van der Waals surface area contributed by atoms with Gasteiger partial charge >= 0.3 is 0 Å². The van der Waals surface area contributed by atoms with Crippen molar-refractivity contribution < 1.29 is 4.79 Å². The lowest BCUT2D eigenvalue weighted by Gasteiger charge is -2.20. The highest BCUT2D eigenvalue weighted by molar-refractivity contribution is 9.09. The summed E-state index contributed by atoms with van der Waals surface area (Å²) in [5.41, 5.74) is 2.10. The van der Waals surface area contributed by atoms with Crippen LogP contribution < -0.4 is 5.32 Å². The summed E-state index contributed by atoms with van der Waals surface area (Å²) >= 11 is 3.28. The largest absolute Gasteiger partial charge is 0.326 e. The number of amides is 1. The fourth-order valence-electron chi connectivity index (χ4n) is 1.77. The Morgan fingerprint density at radius 1 is 1.28 bits per heavy atom. The number of rotatable bonds is 7. The van der Waals surface area contributed by atoms with E-state index in [9.17, 15) is 4.79 Å². The smallest absolute Gasteiger partial charge is 0.225 e. The maximum Gasteiger partial charge on any atom is 0.225 e. The van der Waals surface area contributed by atoms with Crippen molar-refractivity contribution >= 4 is 27.5 Å². The molecule has 0 aromatic heterocycles. The van der Waals surface area contributed by atoms with E-state index in [1.807, 2.05) is 18.2 Å². The van der Waals surface area contributed by atoms with E-state index in [1.54, 1.807) is 0 Å². The van der Waals surface area contributed by atoms with E-state index in [4.69, 9.17) is 0 Å². The van der Waals surface area contributed by atoms with Gasteiger partial charge < -0.3 is 5.32 Å². The van der Waals surface area contributed by atoms with Gasteiger partial charge in [-0.3, -0.25) is 9.69 Å². The number of halogens is 1. The summed E-state index contributed by atoms with van der Waals surface area (Å²) in [5, 5.41) is 3.66. The van der Waals surface area contributed by atoms with E-state index >= 15 is 0 Å². The SMILES string of the molecule is CCN(CC)Cc1ccccc1NC(=O)CCBr. The summed E-state index contributed by atoms with van der Waals surface area (Å²) in [6, 6.07) is 8.00. The molecule has 0 saturated carbocycles. The van der Waals surface area contributed by atoms with Crippen LogP contribution in [0.15, 0.2) is 24.3 Å². The zero-order chi connectivity index (χ0) is 13.4. The third kappa shape index (κ3) is 4.78. The van der Waals surface area contributed by atoms with Crippen molar-refractivity contribution in [1.82, 2.24) is 4.90 Å². The maximum absolute atomic E-state index is 11.6. The van der Waals surface area contributed by atoms with Gasteiger partial charge in [-0.2, -0.15) is 0 Å². The Kier molecular flexibility index (Phi) is 6.98. The summed E-state index contributed by atoms with van der Waals surface area (Å²) in [6.45, 7) is 7.20. The van der Waals surface area contributed by atoms with Crippen LogP contribution >= 0.6 is 15.9 Å². The molecule has 0 radical (unpaired) electrons. The Morgan fingerprint density at radius 3 is 2.56 bits per heavy atom. The Bertz CT molecular complexity index is 378. The molecule has 4 heteroatoms. The predicted molar refractivity (Wildman–Crippen MR) is 80.1 cm³/mol. The van der Waals surface area contributed by atoms with Crippen LogP contribution in [0.1, 0.15) is 25.8 Å². The average Bonchev–Trinajstić information content (AvgIpc) is 2.38. The highest BCUT2D eigenvalue weighted by atomic mass is 79.9. The van der Waals surface area contributed by atoms with Crippen molar-refractivity contribution in [3.05, 3.63) is 29.8 Å². The molecule has 0 aliphatic rings. The molecule has 0 aliphatic heterocycles. The Morgan fingerprint density at radius 2 is 1.94 bits per heavy atom. The Balaban J connectivity index is 2.75. The fourth-order valence-corrected chi connectivity index (χ4v) is 2.13. The van der Waals surface area contributed by atoms with Crippen LogP contribution in [-0.2, 0) is 11.3 Å². The molecular formula is C14H21BrN2O. The number of nitrogens with one attached hydrogen (secondary N) is 1. The first kappa shape index (κ1) is 15.2. The lowest BCUT2D eigenvalue weighted by Crippen LogP contribution is -2.23. The number of anilines is 1. The van der Waals surface area contributed by atoms with Crippen molar-refractivity contribution in [3.8, 4) is 0 Å². The molecule has 0 atom stereocenters. The second kappa shape index (κ2) is 8.27. The van der Waals surface area contributed by atoms with Gasteiger partial charge in [0.05, 0.1) is 0 Å². The zero-order valence-electron chi connectivity index (χ0n) is 11.1. The number of benzene rings is 1. The van der Waals surface area contributed by atoms with E-state index in [1.165, 1.54) is 5.56 Å². The van der Waals surface area contributed by atoms with Crippen LogP contribution in [0.25, 0.3) is 0 Å². The minimum atomic E-state index is 0.0545. The van der Waals surface area contributed by atoms with Crippen molar-refractivity contribution in [2.45, 2.75) is 26.8 Å². The second-order valence-electron chi connectivity index (χ2n) is 4.11. The summed E-state index contributed by atoms with van der Waals surface area (Å²) in [5.74, 6) is 0.0545. The standard InChI is InChI=1S/C14H21BrN2O/c1-3-17(4-2)11-12-7-5-6-8-13(12)16-14(18)9-10-15/h5-8H,3-4,9-11H2,1-2H3,(H,16,18). The van der Waals surface area contributed by atoms with Gasteiger partial charge in [0.25, 0.3) is 0 Å². The van der Waals surface area contributed by atoms with Crippen LogP contribution in [0, 0.1) is 0 Å². The van der Waals surface area contributed by atoms with Gasteiger partial charge in [-0.15, -0.1) is 0 Å². The average molecular weight is 313 g/mol. The molecule has 1 aromatic carbocycles. The van der Waals surface area contributed by atoms with Gasteiger partial charge in [0.2, 0.25) is 5.91 Å². The first-order valence-electron chi connectivity index (χ1n) is 6.37. The lowest BCUT2D eigenvalue weighted by molar-refractivity contribution is -0.115. The summed E-state index contributed by atoms with van der Waals surface area (Å²) in [6.07, 6.45) is 0.500. The molecule has 0 bridgehead atoms. The number of nitrogens with zero attached hydrogens (tertiary/aromatic N) is 1. The molecular weight excluding hydrogens is 292 g/mol. The maximum atomic E-state index is 11.6. The second-order valence-corrected chi connectivity index (χ2v) is 4.90. The predicted octanol–water partition coefficient (Wildman–Crippen LogP) is 3.25. The van der Waals surface area contributed by atoms with E-state index < -0.39 is 0 Å². The molecule has 0 saturated heterocycles. The lowest BCUT2D eigenvalue weighted by atomic mass is 10.1. The highest BCUT2D eigenvalue weighted by Gasteiger charge is 2.08. The summed E-state index contributed by atoms with van der Waals surface area (Å²) < 4.78 is 0. The number of para-hydroxylation sites is 1. The molecule has 18 heavy (non-hydrogen) atoms. The van der Waals surface area contributed by atoms with Crippen LogP contribution in [0.5, 0.6) is 0 Å². The topological polar surface area (TPSA) is 32.3 Å². The van der Waals surface area contributed by atoms with Gasteiger partial charge in [-0.1, -0.05) is 48.0 Å². The van der Waals surface area contributed by atoms with Crippen LogP contribution in [0.2, 0.25) is 0 Å². The van der Waals surface area contributed by atoms with Crippen molar-refractivity contribution in [2.75, 3.05) is 23.7 Å². The molecule has 3 nitrogen and oxygen atoms in total. The highest BCUT2D eigenvalue weighted by Crippen LogP contribution is 2.17. The molecule has 0 aliphatic carbocycles. The minimum Gasteiger partial charge on any atom is -0.326 e. The first-order chi connectivity index (χ1) is 8.71. The van der Waals surface area contributed by atoms with Gasteiger partial charge in [0.1, 0.15) is 0 Å². The molecule has 1 amide bonds. The summed E-state index contributed by atoms with van der Waals surface area (Å²) in [4.78, 5) is 14.0. The number of carbonyl (C=O) groups excluding carboxylic acids is 1. The Labute approximate surface area is 118 Å². The van der Waals surface area contributed by atoms with Gasteiger partial charge in [-0.05, 0) is 24.7 Å². The van der Waals surface area contributed by atoms with Gasteiger partial charge in [0.15, 0.2) is 0 Å². The fraction of sp³-hybridized carbons (Fsp3) is 0.500. The molecule has 1 N–H and O–H groups in total. The Hall–Kier alpha value is -0.870. The molecule has 1 aromatic rings. The number of carbonyl (C=O) groups is 1. The van der Waals surface area contributed by atoms with E-state index in [2.05, 4.69) is 46.1 Å². The van der Waals surface area contributed by atoms with E-state index in [0.717, 1.165) is 25.3 Å². The molecule has 0 unspecified atom stereocenters. The monoisotopic (exact) mass is 312 g/mol. The minimum absolute atomic E-state index is 0.0545. The zero-order valence-corrected chi connectivity index (χ0v) is 12.7. The number of hydrogen-bond acceptors (Lipinski definition) is 2. The van der Waals surface area contributed by atoms with Gasteiger partial charge in [-0.25, -0.2) is 0 Å². The third-order valence-corrected chi connectivity index (χ3v) is 3.30. The van der Waals surface area contributed by atoms with E-state index in [-0.39, 0.29) is 5.91 Å². The van der Waals surface area contributed by atoms with Gasteiger partial charge in [0, 0.05) is 24.0 Å². The quantitative estimate of drug-likeness (QED) is 0.784. The van der Waals surface area contributed by atoms with Crippen molar-refractivity contribution in [3.63, 3.8) is 0 Å².